The number of aromatic nitrogens is 1. The Morgan fingerprint density at radius 1 is 1.00 bits per heavy atom. The number of pyridine rings is 1. The number of carbonyl (C=O) groups is 1. The van der Waals surface area contributed by atoms with E-state index in [-0.39, 0.29) is 24.8 Å². The second-order valence-electron chi connectivity index (χ2n) is 7.27. The molecule has 2 aromatic carbocycles. The van der Waals surface area contributed by atoms with Gasteiger partial charge in [-0.3, -0.25) is 9.78 Å². The second-order valence-corrected chi connectivity index (χ2v) is 7.27. The fourth-order valence-electron chi connectivity index (χ4n) is 3.74. The van der Waals surface area contributed by atoms with Gasteiger partial charge in [-0.25, -0.2) is 4.39 Å². The lowest BCUT2D eigenvalue weighted by Crippen LogP contribution is -2.23. The molecule has 1 saturated carbocycles. The number of ether oxygens (including phenoxy) is 2. The normalized spacial score (nSPS) is 16.0. The van der Waals surface area contributed by atoms with Crippen LogP contribution in [0.5, 0.6) is 11.5 Å². The van der Waals surface area contributed by atoms with Crippen LogP contribution in [0.2, 0.25) is 0 Å². The molecule has 3 aromatic rings. The van der Waals surface area contributed by atoms with Crippen molar-refractivity contribution in [2.45, 2.75) is 24.7 Å². The highest BCUT2D eigenvalue weighted by molar-refractivity contribution is 5.94. The third kappa shape index (κ3) is 2.93. The zero-order chi connectivity index (χ0) is 19.1. The van der Waals surface area contributed by atoms with E-state index < -0.39 is 5.41 Å². The molecule has 0 atom stereocenters. The Morgan fingerprint density at radius 3 is 2.57 bits per heavy atom. The smallest absolute Gasteiger partial charge is 0.231 e. The molecule has 0 amide bonds. The van der Waals surface area contributed by atoms with Gasteiger partial charge in [-0.1, -0.05) is 12.1 Å². The van der Waals surface area contributed by atoms with Gasteiger partial charge in [0.15, 0.2) is 11.5 Å². The Kier molecular flexibility index (Phi) is 3.90. The first-order valence-corrected chi connectivity index (χ1v) is 9.29. The number of benzene rings is 2. The molecule has 2 heterocycles. The van der Waals surface area contributed by atoms with E-state index in [1.165, 1.54) is 12.1 Å². The molecule has 1 aromatic heterocycles. The molecule has 1 fully saturated rings. The maximum atomic E-state index is 13.2. The highest BCUT2D eigenvalue weighted by Gasteiger charge is 2.50. The maximum Gasteiger partial charge on any atom is 0.231 e. The second kappa shape index (κ2) is 6.44. The number of hydrogen-bond donors (Lipinski definition) is 0. The molecule has 0 spiro atoms. The molecular weight excluding hydrogens is 357 g/mol. The van der Waals surface area contributed by atoms with Gasteiger partial charge < -0.3 is 9.47 Å². The molecule has 1 aliphatic carbocycles. The Hall–Kier alpha value is -3.21. The van der Waals surface area contributed by atoms with Crippen LogP contribution >= 0.6 is 0 Å². The molecule has 0 unspecified atom stereocenters. The summed E-state index contributed by atoms with van der Waals surface area (Å²) < 4.78 is 24.0. The van der Waals surface area contributed by atoms with Crippen molar-refractivity contribution in [3.05, 3.63) is 77.7 Å². The Labute approximate surface area is 161 Å². The molecule has 28 heavy (non-hydrogen) atoms. The number of ketones is 1. The van der Waals surface area contributed by atoms with Gasteiger partial charge in [-0.15, -0.1) is 0 Å². The average molecular weight is 375 g/mol. The minimum Gasteiger partial charge on any atom is -0.454 e. The summed E-state index contributed by atoms with van der Waals surface area (Å²) in [6, 6.07) is 17.6. The van der Waals surface area contributed by atoms with Crippen molar-refractivity contribution in [3.63, 3.8) is 0 Å². The SMILES string of the molecule is O=C(Cc1cccc(-c2ccc(F)cc2)n1)C1(c2ccc3c(c2)OCO3)CC1. The van der Waals surface area contributed by atoms with E-state index >= 15 is 0 Å². The van der Waals surface area contributed by atoms with Crippen LogP contribution in [-0.4, -0.2) is 17.6 Å². The van der Waals surface area contributed by atoms with Crippen molar-refractivity contribution in [3.8, 4) is 22.8 Å². The largest absolute Gasteiger partial charge is 0.454 e. The molecule has 4 nitrogen and oxygen atoms in total. The summed E-state index contributed by atoms with van der Waals surface area (Å²) in [5.41, 5.74) is 2.82. The number of Topliss-reactive ketones (excluding diaryl/α,β-unsaturated/α-hetero) is 1. The molecular formula is C23H18FNO3. The zero-order valence-corrected chi connectivity index (χ0v) is 15.2. The first kappa shape index (κ1) is 16.9. The molecule has 5 heteroatoms. The van der Waals surface area contributed by atoms with Crippen molar-refractivity contribution in [2.75, 3.05) is 6.79 Å². The highest BCUT2D eigenvalue weighted by atomic mass is 19.1. The number of fused-ring (bicyclic) bond motifs is 1. The van der Waals surface area contributed by atoms with Crippen molar-refractivity contribution in [1.82, 2.24) is 4.98 Å². The lowest BCUT2D eigenvalue weighted by molar-refractivity contribution is -0.120. The molecule has 1 aliphatic heterocycles. The van der Waals surface area contributed by atoms with Crippen LogP contribution in [0.3, 0.4) is 0 Å². The first-order chi connectivity index (χ1) is 13.6. The Balaban J connectivity index is 1.38. The van der Waals surface area contributed by atoms with Crippen molar-refractivity contribution in [2.24, 2.45) is 0 Å². The van der Waals surface area contributed by atoms with E-state index in [0.29, 0.717) is 5.75 Å². The van der Waals surface area contributed by atoms with Crippen LogP contribution < -0.4 is 9.47 Å². The minimum atomic E-state index is -0.450. The molecule has 5 rings (SSSR count). The minimum absolute atomic E-state index is 0.162. The van der Waals surface area contributed by atoms with Crippen LogP contribution in [0.25, 0.3) is 11.3 Å². The summed E-state index contributed by atoms with van der Waals surface area (Å²) in [5.74, 6) is 1.30. The quantitative estimate of drug-likeness (QED) is 0.661. The predicted molar refractivity (Wildman–Crippen MR) is 102 cm³/mol. The van der Waals surface area contributed by atoms with Gasteiger partial charge in [0.05, 0.1) is 11.1 Å². The molecule has 0 N–H and O–H groups in total. The van der Waals surface area contributed by atoms with Crippen molar-refractivity contribution >= 4 is 5.78 Å². The average Bonchev–Trinajstić information content (AvgIpc) is 3.40. The third-order valence-electron chi connectivity index (χ3n) is 5.50. The molecule has 0 radical (unpaired) electrons. The predicted octanol–water partition coefficient (Wildman–Crippen LogP) is 4.46. The number of halogens is 1. The van der Waals surface area contributed by atoms with Gasteiger partial charge in [0.1, 0.15) is 11.6 Å². The number of nitrogens with zero attached hydrogens (tertiary/aromatic N) is 1. The number of rotatable bonds is 5. The summed E-state index contributed by atoms with van der Waals surface area (Å²) in [6.07, 6.45) is 1.94. The van der Waals surface area contributed by atoms with E-state index in [4.69, 9.17) is 9.47 Å². The fraction of sp³-hybridized carbons (Fsp3) is 0.217. The van der Waals surface area contributed by atoms with E-state index in [2.05, 4.69) is 4.98 Å². The molecule has 140 valence electrons. The van der Waals surface area contributed by atoms with Gasteiger partial charge in [0, 0.05) is 17.7 Å². The first-order valence-electron chi connectivity index (χ1n) is 9.29. The van der Waals surface area contributed by atoms with Gasteiger partial charge in [0.2, 0.25) is 6.79 Å². The molecule has 0 saturated heterocycles. The van der Waals surface area contributed by atoms with E-state index in [0.717, 1.165) is 41.1 Å². The van der Waals surface area contributed by atoms with Gasteiger partial charge in [-0.05, 0) is 66.9 Å². The molecule has 2 aliphatic rings. The topological polar surface area (TPSA) is 48.4 Å². The summed E-state index contributed by atoms with van der Waals surface area (Å²) in [4.78, 5) is 17.7. The lowest BCUT2D eigenvalue weighted by atomic mass is 9.88. The fourth-order valence-corrected chi connectivity index (χ4v) is 3.74. The summed E-state index contributed by atoms with van der Waals surface area (Å²) >= 11 is 0. The number of hydrogen-bond acceptors (Lipinski definition) is 4. The van der Waals surface area contributed by atoms with Crippen LogP contribution in [0, 0.1) is 5.82 Å². The number of carbonyl (C=O) groups excluding carboxylic acids is 1. The van der Waals surface area contributed by atoms with Crippen LogP contribution in [0.1, 0.15) is 24.1 Å². The van der Waals surface area contributed by atoms with Crippen LogP contribution in [0.4, 0.5) is 4.39 Å². The Bertz CT molecular complexity index is 1060. The standard InChI is InChI=1S/C23H18FNO3/c24-17-7-4-15(5-8-17)19-3-1-2-18(25-19)13-22(26)23(10-11-23)16-6-9-20-21(12-16)28-14-27-20/h1-9,12H,10-11,13-14H2. The van der Waals surface area contributed by atoms with Crippen LogP contribution in [-0.2, 0) is 16.6 Å². The lowest BCUT2D eigenvalue weighted by Gasteiger charge is -2.15. The van der Waals surface area contributed by atoms with Gasteiger partial charge in [-0.2, -0.15) is 0 Å². The van der Waals surface area contributed by atoms with Gasteiger partial charge >= 0.3 is 0 Å². The third-order valence-corrected chi connectivity index (χ3v) is 5.50. The zero-order valence-electron chi connectivity index (χ0n) is 15.2. The summed E-state index contributed by atoms with van der Waals surface area (Å²) in [5, 5.41) is 0. The Morgan fingerprint density at radius 2 is 1.79 bits per heavy atom. The van der Waals surface area contributed by atoms with E-state index in [1.54, 1.807) is 12.1 Å². The van der Waals surface area contributed by atoms with Crippen molar-refractivity contribution < 1.29 is 18.7 Å². The maximum absolute atomic E-state index is 13.2. The summed E-state index contributed by atoms with van der Waals surface area (Å²) in [7, 11) is 0. The molecule has 0 bridgehead atoms. The van der Waals surface area contributed by atoms with Crippen LogP contribution in [0.15, 0.2) is 60.7 Å². The highest BCUT2D eigenvalue weighted by Crippen LogP contribution is 2.51. The monoisotopic (exact) mass is 375 g/mol. The van der Waals surface area contributed by atoms with E-state index in [1.807, 2.05) is 36.4 Å². The summed E-state index contributed by atoms with van der Waals surface area (Å²) in [6.45, 7) is 0.222. The van der Waals surface area contributed by atoms with E-state index in [9.17, 15) is 9.18 Å². The van der Waals surface area contributed by atoms with Crippen molar-refractivity contribution in [1.29, 1.82) is 0 Å². The van der Waals surface area contributed by atoms with Gasteiger partial charge in [0.25, 0.3) is 0 Å².